The fourth-order valence-electron chi connectivity index (χ4n) is 2.54. The molecule has 0 saturated carbocycles. The lowest BCUT2D eigenvalue weighted by molar-refractivity contribution is -0.130. The number of aromatic amines is 1. The van der Waals surface area contributed by atoms with Gasteiger partial charge < -0.3 is 14.6 Å². The number of amides is 1. The predicted molar refractivity (Wildman–Crippen MR) is 98.0 cm³/mol. The van der Waals surface area contributed by atoms with Gasteiger partial charge in [-0.05, 0) is 35.6 Å². The van der Waals surface area contributed by atoms with Crippen molar-refractivity contribution in [2.75, 3.05) is 14.2 Å². The van der Waals surface area contributed by atoms with Crippen molar-refractivity contribution < 1.29 is 9.53 Å². The molecular weight excluding hydrogens is 338 g/mol. The van der Waals surface area contributed by atoms with Crippen LogP contribution in [0.5, 0.6) is 5.75 Å². The first-order chi connectivity index (χ1) is 12.1. The van der Waals surface area contributed by atoms with Gasteiger partial charge in [-0.25, -0.2) is 4.98 Å². The molecule has 1 aromatic carbocycles. The van der Waals surface area contributed by atoms with Gasteiger partial charge in [-0.3, -0.25) is 9.59 Å². The summed E-state index contributed by atoms with van der Waals surface area (Å²) in [4.78, 5) is 33.0. The van der Waals surface area contributed by atoms with Crippen LogP contribution in [0.3, 0.4) is 0 Å². The van der Waals surface area contributed by atoms with Crippen molar-refractivity contribution in [3.8, 4) is 5.75 Å². The lowest BCUT2D eigenvalue weighted by Crippen LogP contribution is -2.28. The maximum Gasteiger partial charge on any atom is 0.268 e. The van der Waals surface area contributed by atoms with E-state index in [4.69, 9.17) is 4.74 Å². The van der Waals surface area contributed by atoms with Gasteiger partial charge in [0.05, 0.1) is 19.2 Å². The molecule has 0 aliphatic heterocycles. The van der Waals surface area contributed by atoms with E-state index >= 15 is 0 Å². The van der Waals surface area contributed by atoms with Crippen LogP contribution < -0.4 is 10.3 Å². The maximum atomic E-state index is 12.3. The standard InChI is InChI=1S/C18H19N3O3S/c1-21(11-15-19-14-9-10-25-17(14)18(23)20-15)16(22)8-5-12-3-6-13(24-2)7-4-12/h3-4,6-7,9-10H,5,8,11H2,1-2H3,(H,19,20,23). The number of hydrogen-bond donors (Lipinski definition) is 1. The Labute approximate surface area is 149 Å². The number of carbonyl (C=O) groups excluding carboxylic acids is 1. The van der Waals surface area contributed by atoms with E-state index in [9.17, 15) is 9.59 Å². The van der Waals surface area contributed by atoms with Gasteiger partial charge >= 0.3 is 0 Å². The molecular formula is C18H19N3O3S. The molecule has 3 aromatic rings. The summed E-state index contributed by atoms with van der Waals surface area (Å²) in [6.07, 6.45) is 1.05. The molecule has 2 heterocycles. The second kappa shape index (κ2) is 7.48. The molecule has 0 fully saturated rings. The van der Waals surface area contributed by atoms with Gasteiger partial charge in [-0.15, -0.1) is 11.3 Å². The largest absolute Gasteiger partial charge is 0.497 e. The fraction of sp³-hybridized carbons (Fsp3) is 0.278. The fourth-order valence-corrected chi connectivity index (χ4v) is 3.27. The summed E-state index contributed by atoms with van der Waals surface area (Å²) in [6.45, 7) is 0.280. The van der Waals surface area contributed by atoms with Crippen LogP contribution >= 0.6 is 11.3 Å². The van der Waals surface area contributed by atoms with Crippen molar-refractivity contribution in [3.05, 3.63) is 57.5 Å². The number of hydrogen-bond acceptors (Lipinski definition) is 5. The van der Waals surface area contributed by atoms with Crippen LogP contribution in [0.25, 0.3) is 10.2 Å². The minimum absolute atomic E-state index is 0.00359. The predicted octanol–water partition coefficient (Wildman–Crippen LogP) is 2.58. The third-order valence-corrected chi connectivity index (χ3v) is 4.87. The number of carbonyl (C=O) groups is 1. The molecule has 130 valence electrons. The number of fused-ring (bicyclic) bond motifs is 1. The number of aryl methyl sites for hydroxylation is 1. The van der Waals surface area contributed by atoms with Crippen LogP contribution in [0.2, 0.25) is 0 Å². The van der Waals surface area contributed by atoms with E-state index < -0.39 is 0 Å². The van der Waals surface area contributed by atoms with E-state index in [1.807, 2.05) is 35.7 Å². The number of thiophene rings is 1. The number of rotatable bonds is 6. The van der Waals surface area contributed by atoms with E-state index in [0.717, 1.165) is 11.3 Å². The number of H-pyrrole nitrogens is 1. The lowest BCUT2D eigenvalue weighted by Gasteiger charge is -2.16. The molecule has 0 radical (unpaired) electrons. The molecule has 0 atom stereocenters. The van der Waals surface area contributed by atoms with Crippen molar-refractivity contribution in [2.45, 2.75) is 19.4 Å². The number of benzene rings is 1. The average molecular weight is 357 g/mol. The molecule has 0 spiro atoms. The molecule has 1 N–H and O–H groups in total. The molecule has 6 nitrogen and oxygen atoms in total. The van der Waals surface area contributed by atoms with Crippen molar-refractivity contribution in [1.82, 2.24) is 14.9 Å². The molecule has 0 saturated heterocycles. The second-order valence-electron chi connectivity index (χ2n) is 5.75. The van der Waals surface area contributed by atoms with Crippen LogP contribution in [-0.4, -0.2) is 34.9 Å². The second-order valence-corrected chi connectivity index (χ2v) is 6.66. The average Bonchev–Trinajstić information content (AvgIpc) is 3.09. The van der Waals surface area contributed by atoms with Crippen LogP contribution in [0.4, 0.5) is 0 Å². The van der Waals surface area contributed by atoms with Crippen molar-refractivity contribution in [1.29, 1.82) is 0 Å². The zero-order valence-electron chi connectivity index (χ0n) is 14.1. The minimum Gasteiger partial charge on any atom is -0.497 e. The zero-order chi connectivity index (χ0) is 17.8. The zero-order valence-corrected chi connectivity index (χ0v) is 14.9. The van der Waals surface area contributed by atoms with Gasteiger partial charge in [0.25, 0.3) is 5.56 Å². The molecule has 1 amide bonds. The van der Waals surface area contributed by atoms with E-state index in [0.29, 0.717) is 28.9 Å². The number of aromatic nitrogens is 2. The molecule has 0 aliphatic carbocycles. The van der Waals surface area contributed by atoms with E-state index in [2.05, 4.69) is 9.97 Å². The molecule has 3 rings (SSSR count). The molecule has 0 unspecified atom stereocenters. The highest BCUT2D eigenvalue weighted by molar-refractivity contribution is 7.17. The summed E-state index contributed by atoms with van der Waals surface area (Å²) in [6, 6.07) is 9.48. The van der Waals surface area contributed by atoms with Crippen molar-refractivity contribution >= 4 is 27.5 Å². The van der Waals surface area contributed by atoms with Gasteiger partial charge in [-0.1, -0.05) is 12.1 Å². The minimum atomic E-state index is -0.158. The highest BCUT2D eigenvalue weighted by Gasteiger charge is 2.12. The van der Waals surface area contributed by atoms with E-state index in [1.54, 1.807) is 19.1 Å². The summed E-state index contributed by atoms with van der Waals surface area (Å²) in [5.41, 5.74) is 1.59. The smallest absolute Gasteiger partial charge is 0.268 e. The summed E-state index contributed by atoms with van der Waals surface area (Å²) in [7, 11) is 3.34. The van der Waals surface area contributed by atoms with Crippen LogP contribution in [0, 0.1) is 0 Å². The van der Waals surface area contributed by atoms with E-state index in [1.165, 1.54) is 11.3 Å². The number of nitrogens with one attached hydrogen (secondary N) is 1. The first-order valence-corrected chi connectivity index (χ1v) is 8.78. The first-order valence-electron chi connectivity index (χ1n) is 7.90. The maximum absolute atomic E-state index is 12.3. The summed E-state index contributed by atoms with van der Waals surface area (Å²) in [5.74, 6) is 1.30. The van der Waals surface area contributed by atoms with Gasteiger partial charge in [0.2, 0.25) is 5.91 Å². The van der Waals surface area contributed by atoms with Gasteiger partial charge in [-0.2, -0.15) is 0 Å². The molecule has 0 aliphatic rings. The topological polar surface area (TPSA) is 75.3 Å². The highest BCUT2D eigenvalue weighted by atomic mass is 32.1. The molecule has 2 aromatic heterocycles. The Balaban J connectivity index is 1.60. The highest BCUT2D eigenvalue weighted by Crippen LogP contribution is 2.15. The molecule has 0 bridgehead atoms. The van der Waals surface area contributed by atoms with Crippen LogP contribution in [0.15, 0.2) is 40.5 Å². The number of nitrogens with zero attached hydrogens (tertiary/aromatic N) is 2. The van der Waals surface area contributed by atoms with Gasteiger partial charge in [0, 0.05) is 13.5 Å². The van der Waals surface area contributed by atoms with Crippen molar-refractivity contribution in [3.63, 3.8) is 0 Å². The van der Waals surface area contributed by atoms with E-state index in [-0.39, 0.29) is 18.0 Å². The third kappa shape index (κ3) is 4.06. The summed E-state index contributed by atoms with van der Waals surface area (Å²) >= 11 is 1.36. The Kier molecular flexibility index (Phi) is 5.14. The Morgan fingerprint density at radius 1 is 1.28 bits per heavy atom. The number of ether oxygens (including phenoxy) is 1. The Hall–Kier alpha value is -2.67. The SMILES string of the molecule is COc1ccc(CCC(=O)N(C)Cc2nc3ccsc3c(=O)[nH]2)cc1. The van der Waals surface area contributed by atoms with Crippen LogP contribution in [0.1, 0.15) is 17.8 Å². The normalized spacial score (nSPS) is 10.8. The molecule has 7 heteroatoms. The Morgan fingerprint density at radius 2 is 2.04 bits per heavy atom. The quantitative estimate of drug-likeness (QED) is 0.736. The Morgan fingerprint density at radius 3 is 2.76 bits per heavy atom. The van der Waals surface area contributed by atoms with Gasteiger partial charge in [0.15, 0.2) is 0 Å². The molecule has 25 heavy (non-hydrogen) atoms. The Bertz CT molecular complexity index is 931. The van der Waals surface area contributed by atoms with Crippen molar-refractivity contribution in [2.24, 2.45) is 0 Å². The third-order valence-electron chi connectivity index (χ3n) is 3.96. The number of methoxy groups -OCH3 is 1. The first kappa shape index (κ1) is 17.2. The van der Waals surface area contributed by atoms with Gasteiger partial charge in [0.1, 0.15) is 16.3 Å². The lowest BCUT2D eigenvalue weighted by atomic mass is 10.1. The summed E-state index contributed by atoms with van der Waals surface area (Å²) < 4.78 is 5.73. The summed E-state index contributed by atoms with van der Waals surface area (Å²) in [5, 5.41) is 1.83. The van der Waals surface area contributed by atoms with Crippen LogP contribution in [-0.2, 0) is 17.8 Å². The monoisotopic (exact) mass is 357 g/mol.